The van der Waals surface area contributed by atoms with E-state index in [2.05, 4.69) is 0 Å². The molecule has 1 aliphatic rings. The van der Waals surface area contributed by atoms with Gasteiger partial charge in [-0.05, 0) is 44.9 Å². The Morgan fingerprint density at radius 1 is 1.38 bits per heavy atom. The van der Waals surface area contributed by atoms with Gasteiger partial charge in [0.2, 0.25) is 0 Å². The van der Waals surface area contributed by atoms with Crippen LogP contribution in [0.1, 0.15) is 39.5 Å². The second-order valence-corrected chi connectivity index (χ2v) is 5.21. The van der Waals surface area contributed by atoms with E-state index in [4.69, 9.17) is 14.9 Å². The average molecular weight is 230 g/mol. The van der Waals surface area contributed by atoms with Gasteiger partial charge in [0.25, 0.3) is 0 Å². The van der Waals surface area contributed by atoms with Crippen molar-refractivity contribution in [2.45, 2.75) is 45.1 Å². The summed E-state index contributed by atoms with van der Waals surface area (Å²) in [5.41, 5.74) is -1.11. The number of carboxylic acid groups (broad SMARTS) is 1. The maximum atomic E-state index is 10.8. The van der Waals surface area contributed by atoms with Gasteiger partial charge in [-0.1, -0.05) is 6.42 Å². The average Bonchev–Trinajstić information content (AvgIpc) is 2.26. The molecule has 2 N–H and O–H groups in total. The van der Waals surface area contributed by atoms with Crippen LogP contribution in [0.15, 0.2) is 0 Å². The smallest absolute Gasteiger partial charge is 0.335 e. The van der Waals surface area contributed by atoms with Crippen molar-refractivity contribution in [1.82, 2.24) is 0 Å². The number of carboxylic acids is 1. The molecule has 4 heteroatoms. The molecule has 0 bridgehead atoms. The molecule has 0 saturated heterocycles. The Hall–Kier alpha value is -0.610. The molecule has 1 saturated carbocycles. The summed E-state index contributed by atoms with van der Waals surface area (Å²) >= 11 is 0. The summed E-state index contributed by atoms with van der Waals surface area (Å²) in [5, 5.41) is 18.0. The highest BCUT2D eigenvalue weighted by Crippen LogP contribution is 2.29. The van der Waals surface area contributed by atoms with Crippen molar-refractivity contribution in [2.24, 2.45) is 11.8 Å². The molecule has 1 fully saturated rings. The molecule has 0 amide bonds. The van der Waals surface area contributed by atoms with Gasteiger partial charge in [-0.2, -0.15) is 0 Å². The zero-order valence-corrected chi connectivity index (χ0v) is 10.1. The lowest BCUT2D eigenvalue weighted by Gasteiger charge is -2.30. The molecule has 0 radical (unpaired) electrons. The van der Waals surface area contributed by atoms with E-state index in [1.54, 1.807) is 13.8 Å². The molecule has 1 aliphatic carbocycles. The van der Waals surface area contributed by atoms with Gasteiger partial charge in [-0.3, -0.25) is 0 Å². The summed E-state index contributed by atoms with van der Waals surface area (Å²) in [6, 6.07) is 0. The first-order chi connectivity index (χ1) is 7.45. The SMILES string of the molecule is CC(C)(OCC1CCCC(CO)C1)C(=O)O. The minimum absolute atomic E-state index is 0.235. The Morgan fingerprint density at radius 3 is 2.56 bits per heavy atom. The number of aliphatic hydroxyl groups excluding tert-OH is 1. The summed E-state index contributed by atoms with van der Waals surface area (Å²) in [5.74, 6) is -0.165. The van der Waals surface area contributed by atoms with Crippen LogP contribution in [0, 0.1) is 11.8 Å². The normalized spacial score (nSPS) is 26.7. The van der Waals surface area contributed by atoms with E-state index in [-0.39, 0.29) is 6.61 Å². The minimum atomic E-state index is -1.11. The molecule has 0 aromatic carbocycles. The number of hydrogen-bond acceptors (Lipinski definition) is 3. The number of ether oxygens (including phenoxy) is 1. The Labute approximate surface area is 96.6 Å². The van der Waals surface area contributed by atoms with Crippen LogP contribution in [-0.4, -0.2) is 35.0 Å². The Bertz CT molecular complexity index is 237. The van der Waals surface area contributed by atoms with Gasteiger partial charge in [-0.25, -0.2) is 4.79 Å². The zero-order chi connectivity index (χ0) is 12.2. The van der Waals surface area contributed by atoms with Gasteiger partial charge in [0.1, 0.15) is 0 Å². The summed E-state index contributed by atoms with van der Waals surface area (Å²) in [4.78, 5) is 10.8. The monoisotopic (exact) mass is 230 g/mol. The van der Waals surface area contributed by atoms with E-state index in [1.165, 1.54) is 0 Å². The molecule has 2 unspecified atom stereocenters. The van der Waals surface area contributed by atoms with Crippen molar-refractivity contribution >= 4 is 5.97 Å². The van der Waals surface area contributed by atoms with E-state index < -0.39 is 11.6 Å². The number of rotatable bonds is 5. The highest BCUT2D eigenvalue weighted by molar-refractivity contribution is 5.76. The minimum Gasteiger partial charge on any atom is -0.479 e. The first-order valence-electron chi connectivity index (χ1n) is 5.94. The number of aliphatic carboxylic acids is 1. The molecule has 0 aliphatic heterocycles. The van der Waals surface area contributed by atoms with Crippen molar-refractivity contribution in [1.29, 1.82) is 0 Å². The molecular formula is C12H22O4. The zero-order valence-electron chi connectivity index (χ0n) is 10.1. The maximum Gasteiger partial charge on any atom is 0.335 e. The number of hydrogen-bond donors (Lipinski definition) is 2. The first kappa shape index (κ1) is 13.5. The van der Waals surface area contributed by atoms with Crippen molar-refractivity contribution < 1.29 is 19.7 Å². The molecule has 2 atom stereocenters. The predicted molar refractivity (Wildman–Crippen MR) is 60.2 cm³/mol. The van der Waals surface area contributed by atoms with Crippen LogP contribution in [0.25, 0.3) is 0 Å². The molecule has 0 heterocycles. The third-order valence-corrected chi connectivity index (χ3v) is 3.34. The van der Waals surface area contributed by atoms with E-state index in [9.17, 15) is 4.79 Å². The molecule has 94 valence electrons. The highest BCUT2D eigenvalue weighted by atomic mass is 16.5. The molecule has 0 aromatic heterocycles. The van der Waals surface area contributed by atoms with E-state index >= 15 is 0 Å². The molecule has 1 rings (SSSR count). The van der Waals surface area contributed by atoms with Gasteiger partial charge in [0, 0.05) is 6.61 Å². The van der Waals surface area contributed by atoms with Crippen molar-refractivity contribution in [3.8, 4) is 0 Å². The molecule has 0 aromatic rings. The quantitative estimate of drug-likeness (QED) is 0.754. The molecule has 16 heavy (non-hydrogen) atoms. The van der Waals surface area contributed by atoms with Crippen molar-refractivity contribution in [2.75, 3.05) is 13.2 Å². The lowest BCUT2D eigenvalue weighted by Crippen LogP contribution is -2.37. The van der Waals surface area contributed by atoms with Crippen LogP contribution in [0.3, 0.4) is 0 Å². The summed E-state index contributed by atoms with van der Waals surface area (Å²) in [7, 11) is 0. The standard InChI is InChI=1S/C12H22O4/c1-12(2,11(14)15)16-8-10-5-3-4-9(6-10)7-13/h9-10,13H,3-8H2,1-2H3,(H,14,15). The van der Waals surface area contributed by atoms with Crippen LogP contribution in [0.5, 0.6) is 0 Å². The second kappa shape index (κ2) is 5.64. The van der Waals surface area contributed by atoms with Crippen LogP contribution < -0.4 is 0 Å². The summed E-state index contributed by atoms with van der Waals surface area (Å²) < 4.78 is 5.44. The molecule has 4 nitrogen and oxygen atoms in total. The fraction of sp³-hybridized carbons (Fsp3) is 0.917. The van der Waals surface area contributed by atoms with Crippen LogP contribution in [0.4, 0.5) is 0 Å². The molecular weight excluding hydrogens is 208 g/mol. The van der Waals surface area contributed by atoms with Gasteiger partial charge in [-0.15, -0.1) is 0 Å². The molecule has 0 spiro atoms. The Kier molecular flexibility index (Phi) is 4.74. The van der Waals surface area contributed by atoms with Gasteiger partial charge >= 0.3 is 5.97 Å². The first-order valence-corrected chi connectivity index (χ1v) is 5.94. The fourth-order valence-electron chi connectivity index (χ4n) is 2.11. The number of aliphatic hydroxyl groups is 1. The fourth-order valence-corrected chi connectivity index (χ4v) is 2.11. The Balaban J connectivity index is 2.35. The third-order valence-electron chi connectivity index (χ3n) is 3.34. The summed E-state index contributed by atoms with van der Waals surface area (Å²) in [6.07, 6.45) is 4.21. The highest BCUT2D eigenvalue weighted by Gasteiger charge is 2.30. The van der Waals surface area contributed by atoms with Crippen molar-refractivity contribution in [3.63, 3.8) is 0 Å². The summed E-state index contributed by atoms with van der Waals surface area (Å²) in [6.45, 7) is 3.86. The van der Waals surface area contributed by atoms with Crippen LogP contribution in [0.2, 0.25) is 0 Å². The van der Waals surface area contributed by atoms with Crippen LogP contribution >= 0.6 is 0 Å². The van der Waals surface area contributed by atoms with Crippen molar-refractivity contribution in [3.05, 3.63) is 0 Å². The Morgan fingerprint density at radius 2 is 2.00 bits per heavy atom. The lowest BCUT2D eigenvalue weighted by molar-refractivity contribution is -0.163. The van der Waals surface area contributed by atoms with Gasteiger partial charge in [0.15, 0.2) is 5.60 Å². The maximum absolute atomic E-state index is 10.8. The van der Waals surface area contributed by atoms with Gasteiger partial charge in [0.05, 0.1) is 6.61 Å². The number of carbonyl (C=O) groups is 1. The van der Waals surface area contributed by atoms with Gasteiger partial charge < -0.3 is 14.9 Å². The largest absolute Gasteiger partial charge is 0.479 e. The van der Waals surface area contributed by atoms with E-state index in [1.807, 2.05) is 0 Å². The van der Waals surface area contributed by atoms with E-state index in [0.29, 0.717) is 18.4 Å². The van der Waals surface area contributed by atoms with Crippen LogP contribution in [-0.2, 0) is 9.53 Å². The second-order valence-electron chi connectivity index (χ2n) is 5.21. The lowest BCUT2D eigenvalue weighted by atomic mass is 9.82. The third kappa shape index (κ3) is 3.76. The van der Waals surface area contributed by atoms with E-state index in [0.717, 1.165) is 25.7 Å². The predicted octanol–water partition coefficient (Wildman–Crippen LogP) is 1.66. The topological polar surface area (TPSA) is 66.8 Å².